The van der Waals surface area contributed by atoms with Crippen LogP contribution in [0.3, 0.4) is 0 Å². The second kappa shape index (κ2) is 5.92. The minimum atomic E-state index is -3.87. The fourth-order valence-corrected chi connectivity index (χ4v) is 4.54. The van der Waals surface area contributed by atoms with Gasteiger partial charge in [-0.15, -0.1) is 0 Å². The van der Waals surface area contributed by atoms with Gasteiger partial charge in [0.15, 0.2) is 0 Å². The molecular weight excluding hydrogens is 316 g/mol. The van der Waals surface area contributed by atoms with Gasteiger partial charge in [0, 0.05) is 11.6 Å². The van der Waals surface area contributed by atoms with Gasteiger partial charge in [-0.25, -0.2) is 8.42 Å². The number of aryl methyl sites for hydroxylation is 1. The van der Waals surface area contributed by atoms with Crippen LogP contribution >= 0.6 is 11.6 Å². The molecule has 8 heteroatoms. The first-order valence-electron chi connectivity index (χ1n) is 6.44. The first-order valence-corrected chi connectivity index (χ1v) is 8.26. The Morgan fingerprint density at radius 1 is 1.48 bits per heavy atom. The highest BCUT2D eigenvalue weighted by Gasteiger charge is 2.41. The van der Waals surface area contributed by atoms with Crippen molar-refractivity contribution < 1.29 is 17.9 Å². The van der Waals surface area contributed by atoms with E-state index in [1.807, 2.05) is 0 Å². The average Bonchev–Trinajstić information content (AvgIpc) is 2.40. The van der Waals surface area contributed by atoms with Gasteiger partial charge in [-0.2, -0.15) is 4.31 Å². The monoisotopic (exact) mass is 332 g/mol. The van der Waals surface area contributed by atoms with Crippen LogP contribution in [0.2, 0.25) is 5.02 Å². The molecule has 0 spiro atoms. The quantitative estimate of drug-likeness (QED) is 0.891. The predicted octanol–water partition coefficient (Wildman–Crippen LogP) is 0.912. The highest BCUT2D eigenvalue weighted by atomic mass is 35.5. The van der Waals surface area contributed by atoms with Gasteiger partial charge in [0.2, 0.25) is 15.9 Å². The fraction of sp³-hybridized carbons (Fsp3) is 0.462. The van der Waals surface area contributed by atoms with Gasteiger partial charge in [0.25, 0.3) is 0 Å². The van der Waals surface area contributed by atoms with Gasteiger partial charge in [-0.3, -0.25) is 4.79 Å². The molecule has 2 N–H and O–H groups in total. The Labute approximate surface area is 128 Å². The third kappa shape index (κ3) is 3.06. The maximum Gasteiger partial charge on any atom is 0.244 e. The number of ether oxygens (including phenoxy) is 1. The number of nitrogens with two attached hydrogens (primary N) is 1. The molecule has 1 aromatic carbocycles. The first kappa shape index (κ1) is 16.2. The molecule has 21 heavy (non-hydrogen) atoms. The summed E-state index contributed by atoms with van der Waals surface area (Å²) in [6.07, 6.45) is -0.592. The number of hydrogen-bond acceptors (Lipinski definition) is 4. The van der Waals surface area contributed by atoms with Crippen molar-refractivity contribution in [3.63, 3.8) is 0 Å². The number of benzene rings is 1. The van der Waals surface area contributed by atoms with E-state index in [0.29, 0.717) is 10.6 Å². The minimum absolute atomic E-state index is 0.0756. The highest BCUT2D eigenvalue weighted by Crippen LogP contribution is 2.27. The van der Waals surface area contributed by atoms with Gasteiger partial charge in [-0.05, 0) is 31.5 Å². The summed E-state index contributed by atoms with van der Waals surface area (Å²) in [5.41, 5.74) is 5.90. The maximum atomic E-state index is 12.8. The van der Waals surface area contributed by atoms with Crippen molar-refractivity contribution in [3.8, 4) is 0 Å². The molecule has 0 bridgehead atoms. The maximum absolute atomic E-state index is 12.8. The number of morpholine rings is 1. The number of sulfonamides is 1. The van der Waals surface area contributed by atoms with Crippen molar-refractivity contribution in [1.82, 2.24) is 4.31 Å². The summed E-state index contributed by atoms with van der Waals surface area (Å²) in [5.74, 6) is -0.731. The van der Waals surface area contributed by atoms with Crippen molar-refractivity contribution in [1.29, 1.82) is 0 Å². The molecule has 1 aliphatic rings. The lowest BCUT2D eigenvalue weighted by molar-refractivity contribution is -0.130. The SMILES string of the molecule is Cc1ccc(Cl)cc1S(=O)(=O)N1CCO[C@H](C)[C@H]1C(N)=O. The van der Waals surface area contributed by atoms with E-state index in [4.69, 9.17) is 22.1 Å². The van der Waals surface area contributed by atoms with E-state index in [1.165, 1.54) is 6.07 Å². The van der Waals surface area contributed by atoms with E-state index in [-0.39, 0.29) is 18.0 Å². The molecule has 1 amide bonds. The van der Waals surface area contributed by atoms with E-state index >= 15 is 0 Å². The Balaban J connectivity index is 2.51. The zero-order valence-corrected chi connectivity index (χ0v) is 13.3. The summed E-state index contributed by atoms with van der Waals surface area (Å²) in [5, 5.41) is 0.316. The molecule has 0 saturated carbocycles. The Morgan fingerprint density at radius 2 is 2.14 bits per heavy atom. The third-order valence-corrected chi connectivity index (χ3v) is 5.73. The Kier molecular flexibility index (Phi) is 4.57. The smallest absolute Gasteiger partial charge is 0.244 e. The van der Waals surface area contributed by atoms with Crippen LogP contribution in [0.5, 0.6) is 0 Å². The standard InChI is InChI=1S/C13H17ClN2O4S/c1-8-3-4-10(14)7-11(8)21(18,19)16-5-6-20-9(2)12(16)13(15)17/h3-4,7,9,12H,5-6H2,1-2H3,(H2,15,17)/t9-,12+/m1/s1. The summed E-state index contributed by atoms with van der Waals surface area (Å²) in [6.45, 7) is 3.59. The Bertz CT molecular complexity index is 662. The summed E-state index contributed by atoms with van der Waals surface area (Å²) in [4.78, 5) is 11.7. The molecule has 0 unspecified atom stereocenters. The summed E-state index contributed by atoms with van der Waals surface area (Å²) >= 11 is 5.89. The van der Waals surface area contributed by atoms with Gasteiger partial charge in [0.1, 0.15) is 6.04 Å². The van der Waals surface area contributed by atoms with Crippen LogP contribution in [0.4, 0.5) is 0 Å². The fourth-order valence-electron chi connectivity index (χ4n) is 2.41. The Hall–Kier alpha value is -1.15. The molecule has 2 atom stereocenters. The number of amides is 1. The minimum Gasteiger partial charge on any atom is -0.375 e. The topological polar surface area (TPSA) is 89.7 Å². The molecule has 116 valence electrons. The predicted molar refractivity (Wildman–Crippen MR) is 78.5 cm³/mol. The molecule has 0 aromatic heterocycles. The first-order chi connectivity index (χ1) is 9.75. The van der Waals surface area contributed by atoms with Crippen molar-refractivity contribution in [2.75, 3.05) is 13.2 Å². The number of nitrogens with zero attached hydrogens (tertiary/aromatic N) is 1. The van der Waals surface area contributed by atoms with Crippen molar-refractivity contribution >= 4 is 27.5 Å². The van der Waals surface area contributed by atoms with Gasteiger partial charge in [-0.1, -0.05) is 17.7 Å². The normalized spacial score (nSPS) is 24.0. The van der Waals surface area contributed by atoms with E-state index in [1.54, 1.807) is 26.0 Å². The lowest BCUT2D eigenvalue weighted by Gasteiger charge is -2.37. The van der Waals surface area contributed by atoms with Crippen LogP contribution < -0.4 is 5.73 Å². The molecule has 2 rings (SSSR count). The van der Waals surface area contributed by atoms with Crippen LogP contribution in [-0.4, -0.2) is 43.9 Å². The lowest BCUT2D eigenvalue weighted by atomic mass is 10.1. The zero-order valence-electron chi connectivity index (χ0n) is 11.7. The number of halogens is 1. The molecule has 6 nitrogen and oxygen atoms in total. The third-order valence-electron chi connectivity index (χ3n) is 3.48. The number of rotatable bonds is 3. The molecule has 0 radical (unpaired) electrons. The molecule has 0 aliphatic carbocycles. The molecule has 1 heterocycles. The summed E-state index contributed by atoms with van der Waals surface area (Å²) < 4.78 is 32.1. The van der Waals surface area contributed by atoms with E-state index in [9.17, 15) is 13.2 Å². The average molecular weight is 333 g/mol. The zero-order chi connectivity index (χ0) is 15.8. The molecule has 1 saturated heterocycles. The Morgan fingerprint density at radius 3 is 2.76 bits per heavy atom. The highest BCUT2D eigenvalue weighted by molar-refractivity contribution is 7.89. The largest absolute Gasteiger partial charge is 0.375 e. The second-order valence-corrected chi connectivity index (χ2v) is 7.24. The van der Waals surface area contributed by atoms with E-state index in [2.05, 4.69) is 0 Å². The van der Waals surface area contributed by atoms with Crippen molar-refractivity contribution in [3.05, 3.63) is 28.8 Å². The lowest BCUT2D eigenvalue weighted by Crippen LogP contribution is -2.58. The second-order valence-electron chi connectivity index (χ2n) is 4.95. The van der Waals surface area contributed by atoms with Crippen molar-refractivity contribution in [2.45, 2.75) is 30.9 Å². The van der Waals surface area contributed by atoms with Gasteiger partial charge in [0.05, 0.1) is 17.6 Å². The summed E-state index contributed by atoms with van der Waals surface area (Å²) in [7, 11) is -3.87. The van der Waals surface area contributed by atoms with Crippen LogP contribution in [0.1, 0.15) is 12.5 Å². The molecule has 1 aliphatic heterocycles. The van der Waals surface area contributed by atoms with Crippen molar-refractivity contribution in [2.24, 2.45) is 5.73 Å². The van der Waals surface area contributed by atoms with Gasteiger partial charge < -0.3 is 10.5 Å². The van der Waals surface area contributed by atoms with E-state index < -0.39 is 28.1 Å². The summed E-state index contributed by atoms with van der Waals surface area (Å²) in [6, 6.07) is 3.59. The van der Waals surface area contributed by atoms with Crippen LogP contribution in [0, 0.1) is 6.92 Å². The van der Waals surface area contributed by atoms with Crippen LogP contribution in [-0.2, 0) is 19.6 Å². The van der Waals surface area contributed by atoms with Gasteiger partial charge >= 0.3 is 0 Å². The number of hydrogen-bond donors (Lipinski definition) is 1. The van der Waals surface area contributed by atoms with Crippen LogP contribution in [0.25, 0.3) is 0 Å². The number of carbonyl (C=O) groups is 1. The molecule has 1 fully saturated rings. The molecular formula is C13H17ClN2O4S. The van der Waals surface area contributed by atoms with E-state index in [0.717, 1.165) is 4.31 Å². The number of carbonyl (C=O) groups excluding carboxylic acids is 1. The molecule has 1 aromatic rings. The number of primary amides is 1. The van der Waals surface area contributed by atoms with Crippen LogP contribution in [0.15, 0.2) is 23.1 Å².